The van der Waals surface area contributed by atoms with Gasteiger partial charge in [0.15, 0.2) is 5.11 Å². The van der Waals surface area contributed by atoms with Crippen LogP contribution in [-0.2, 0) is 0 Å². The molecular formula is C30H30N6OS. The number of carbonyl (C=O) groups is 1. The minimum Gasteiger partial charge on any atom is -0.372 e. The number of aromatic nitrogens is 3. The maximum absolute atomic E-state index is 12.8. The quantitative estimate of drug-likeness (QED) is 0.260. The van der Waals surface area contributed by atoms with Crippen LogP contribution in [0.15, 0.2) is 72.8 Å². The van der Waals surface area contributed by atoms with Gasteiger partial charge in [-0.05, 0) is 104 Å². The number of amides is 1. The summed E-state index contributed by atoms with van der Waals surface area (Å²) >= 11 is 5.45. The van der Waals surface area contributed by atoms with E-state index in [9.17, 15) is 4.79 Å². The molecule has 0 saturated heterocycles. The Labute approximate surface area is 227 Å². The van der Waals surface area contributed by atoms with E-state index in [4.69, 9.17) is 22.4 Å². The van der Waals surface area contributed by atoms with E-state index >= 15 is 0 Å². The van der Waals surface area contributed by atoms with Crippen LogP contribution < -0.4 is 15.5 Å². The molecule has 4 aromatic carbocycles. The van der Waals surface area contributed by atoms with Gasteiger partial charge in [0.25, 0.3) is 5.91 Å². The summed E-state index contributed by atoms with van der Waals surface area (Å²) in [4.78, 5) is 16.8. The minimum absolute atomic E-state index is 0.223. The molecule has 1 amide bonds. The topological polar surface area (TPSA) is 75.1 Å². The summed E-state index contributed by atoms with van der Waals surface area (Å²) in [5.41, 5.74) is 6.99. The number of anilines is 2. The Bertz CT molecular complexity index is 1670. The summed E-state index contributed by atoms with van der Waals surface area (Å²) in [5.74, 6) is -0.262. The second-order valence-electron chi connectivity index (χ2n) is 9.26. The molecule has 1 heterocycles. The van der Waals surface area contributed by atoms with Gasteiger partial charge in [-0.2, -0.15) is 4.80 Å². The number of fused-ring (bicyclic) bond motifs is 2. The molecule has 1 aromatic heterocycles. The lowest BCUT2D eigenvalue weighted by molar-refractivity contribution is 0.0978. The average Bonchev–Trinajstić information content (AvgIpc) is 3.31. The standard InChI is InChI=1S/C30H30N6OS/c1-5-35(6-2)24-13-14-28(20(4)15-24)36-33-26-16-19(3)25(18-27(26)34-36)31-30(38)32-29(37)23-12-11-21-9-7-8-10-22(21)17-23/h7-18H,5-6H2,1-4H3,(H2,31,32,37,38). The van der Waals surface area contributed by atoms with Crippen LogP contribution in [0, 0.1) is 13.8 Å². The highest BCUT2D eigenvalue weighted by molar-refractivity contribution is 7.80. The fraction of sp³-hybridized carbons (Fsp3) is 0.200. The van der Waals surface area contributed by atoms with Crippen LogP contribution in [-0.4, -0.2) is 39.1 Å². The summed E-state index contributed by atoms with van der Waals surface area (Å²) in [6.07, 6.45) is 0. The van der Waals surface area contributed by atoms with Crippen LogP contribution in [0.25, 0.3) is 27.5 Å². The predicted octanol–water partition coefficient (Wildman–Crippen LogP) is 6.16. The molecule has 192 valence electrons. The first-order valence-corrected chi connectivity index (χ1v) is 13.1. The molecule has 0 aliphatic heterocycles. The molecule has 2 N–H and O–H groups in total. The Morgan fingerprint density at radius 2 is 1.58 bits per heavy atom. The van der Waals surface area contributed by atoms with E-state index in [0.717, 1.165) is 57.4 Å². The Kier molecular flexibility index (Phi) is 7.07. The number of carbonyl (C=O) groups excluding carboxylic acids is 1. The van der Waals surface area contributed by atoms with Gasteiger partial charge in [0.05, 0.1) is 5.69 Å². The molecule has 38 heavy (non-hydrogen) atoms. The van der Waals surface area contributed by atoms with Gasteiger partial charge in [-0.25, -0.2) is 0 Å². The first-order chi connectivity index (χ1) is 18.4. The first-order valence-electron chi connectivity index (χ1n) is 12.7. The van der Waals surface area contributed by atoms with Crippen LogP contribution in [0.5, 0.6) is 0 Å². The lowest BCUT2D eigenvalue weighted by Crippen LogP contribution is -2.34. The third kappa shape index (κ3) is 5.08. The lowest BCUT2D eigenvalue weighted by Gasteiger charge is -2.22. The number of nitrogens with zero attached hydrogens (tertiary/aromatic N) is 4. The Balaban J connectivity index is 1.34. The molecule has 5 rings (SSSR count). The van der Waals surface area contributed by atoms with Gasteiger partial charge < -0.3 is 10.2 Å². The minimum atomic E-state index is -0.262. The van der Waals surface area contributed by atoms with Crippen LogP contribution in [0.1, 0.15) is 35.3 Å². The highest BCUT2D eigenvalue weighted by atomic mass is 32.1. The van der Waals surface area contributed by atoms with Crippen molar-refractivity contribution in [1.29, 1.82) is 0 Å². The zero-order chi connectivity index (χ0) is 26.8. The maximum Gasteiger partial charge on any atom is 0.257 e. The molecule has 0 spiro atoms. The number of benzene rings is 4. The van der Waals surface area contributed by atoms with Gasteiger partial charge in [-0.15, -0.1) is 10.2 Å². The summed E-state index contributed by atoms with van der Waals surface area (Å²) in [5, 5.41) is 17.7. The maximum atomic E-state index is 12.8. The second-order valence-corrected chi connectivity index (χ2v) is 9.67. The lowest BCUT2D eigenvalue weighted by atomic mass is 10.1. The van der Waals surface area contributed by atoms with Crippen LogP contribution in [0.4, 0.5) is 11.4 Å². The number of thiocarbonyl (C=S) groups is 1. The largest absolute Gasteiger partial charge is 0.372 e. The average molecular weight is 523 g/mol. The van der Waals surface area contributed by atoms with Gasteiger partial charge in [0, 0.05) is 30.0 Å². The fourth-order valence-corrected chi connectivity index (χ4v) is 4.82. The molecule has 0 atom stereocenters. The second kappa shape index (κ2) is 10.6. The zero-order valence-corrected chi connectivity index (χ0v) is 22.8. The molecule has 7 nitrogen and oxygen atoms in total. The van der Waals surface area contributed by atoms with Crippen LogP contribution in [0.3, 0.4) is 0 Å². The van der Waals surface area contributed by atoms with E-state index in [2.05, 4.69) is 54.5 Å². The smallest absolute Gasteiger partial charge is 0.257 e. The molecule has 8 heteroatoms. The van der Waals surface area contributed by atoms with E-state index < -0.39 is 0 Å². The van der Waals surface area contributed by atoms with Gasteiger partial charge in [-0.3, -0.25) is 10.1 Å². The normalized spacial score (nSPS) is 11.1. The molecule has 0 fully saturated rings. The van der Waals surface area contributed by atoms with Gasteiger partial charge >= 0.3 is 0 Å². The first kappa shape index (κ1) is 25.4. The third-order valence-corrected chi connectivity index (χ3v) is 6.94. The Hall–Kier alpha value is -4.30. The van der Waals surface area contributed by atoms with Gasteiger partial charge in [0.2, 0.25) is 0 Å². The fourth-order valence-electron chi connectivity index (χ4n) is 4.62. The van der Waals surface area contributed by atoms with Crippen molar-refractivity contribution in [1.82, 2.24) is 20.3 Å². The van der Waals surface area contributed by atoms with E-state index in [1.807, 2.05) is 55.5 Å². The number of hydrogen-bond acceptors (Lipinski definition) is 5. The zero-order valence-electron chi connectivity index (χ0n) is 21.9. The van der Waals surface area contributed by atoms with Gasteiger partial charge in [0.1, 0.15) is 11.0 Å². The molecule has 0 unspecified atom stereocenters. The number of nitrogens with one attached hydrogen (secondary N) is 2. The van der Waals surface area contributed by atoms with Crippen molar-refractivity contribution in [2.75, 3.05) is 23.3 Å². The van der Waals surface area contributed by atoms with E-state index in [1.54, 1.807) is 10.9 Å². The van der Waals surface area contributed by atoms with Crippen molar-refractivity contribution in [2.45, 2.75) is 27.7 Å². The molecule has 0 aliphatic carbocycles. The molecular weight excluding hydrogens is 492 g/mol. The summed E-state index contributed by atoms with van der Waals surface area (Å²) in [6.45, 7) is 10.3. The van der Waals surface area contributed by atoms with Crippen molar-refractivity contribution < 1.29 is 4.79 Å². The van der Waals surface area contributed by atoms with E-state index in [-0.39, 0.29) is 11.0 Å². The van der Waals surface area contributed by atoms with Crippen molar-refractivity contribution in [3.63, 3.8) is 0 Å². The highest BCUT2D eigenvalue weighted by Gasteiger charge is 2.14. The molecule has 0 aliphatic rings. The summed E-state index contributed by atoms with van der Waals surface area (Å²) in [6, 6.07) is 23.7. The van der Waals surface area contributed by atoms with Crippen molar-refractivity contribution in [3.05, 3.63) is 89.5 Å². The van der Waals surface area contributed by atoms with Crippen molar-refractivity contribution >= 4 is 56.4 Å². The van der Waals surface area contributed by atoms with Gasteiger partial charge in [-0.1, -0.05) is 30.3 Å². The molecule has 0 bridgehead atoms. The summed E-state index contributed by atoms with van der Waals surface area (Å²) in [7, 11) is 0. The number of hydrogen-bond donors (Lipinski definition) is 2. The SMILES string of the molecule is CCN(CC)c1ccc(-n2nc3cc(C)c(NC(=S)NC(=O)c4ccc5ccccc5c4)cc3n2)c(C)c1. The van der Waals surface area contributed by atoms with Crippen molar-refractivity contribution in [3.8, 4) is 5.69 Å². The summed E-state index contributed by atoms with van der Waals surface area (Å²) < 4.78 is 0. The number of aryl methyl sites for hydroxylation is 2. The monoisotopic (exact) mass is 522 g/mol. The third-order valence-electron chi connectivity index (χ3n) is 6.74. The predicted molar refractivity (Wildman–Crippen MR) is 160 cm³/mol. The van der Waals surface area contributed by atoms with Crippen LogP contribution in [0.2, 0.25) is 0 Å². The highest BCUT2D eigenvalue weighted by Crippen LogP contribution is 2.25. The number of rotatable bonds is 6. The Morgan fingerprint density at radius 3 is 2.29 bits per heavy atom. The van der Waals surface area contributed by atoms with Crippen LogP contribution >= 0.6 is 12.2 Å². The molecule has 5 aromatic rings. The van der Waals surface area contributed by atoms with E-state index in [1.165, 1.54) is 5.69 Å². The Morgan fingerprint density at radius 1 is 0.868 bits per heavy atom. The van der Waals surface area contributed by atoms with E-state index in [0.29, 0.717) is 5.56 Å². The molecule has 0 radical (unpaired) electrons. The molecule has 0 saturated carbocycles. The van der Waals surface area contributed by atoms with Crippen molar-refractivity contribution in [2.24, 2.45) is 0 Å².